The number of benzene rings is 1. The maximum absolute atomic E-state index is 12.7. The van der Waals surface area contributed by atoms with Crippen molar-refractivity contribution in [3.63, 3.8) is 0 Å². The molecule has 8 nitrogen and oxygen atoms in total. The average molecular weight is 377 g/mol. The lowest BCUT2D eigenvalue weighted by atomic mass is 9.98. The topological polar surface area (TPSA) is 128 Å². The lowest BCUT2D eigenvalue weighted by molar-refractivity contribution is -0.161. The monoisotopic (exact) mass is 377 g/mol. The Labute approximate surface area is 158 Å². The summed E-state index contributed by atoms with van der Waals surface area (Å²) < 4.78 is 5.32. The number of esters is 1. The van der Waals surface area contributed by atoms with Gasteiger partial charge in [-0.15, -0.1) is 0 Å². The highest BCUT2D eigenvalue weighted by Crippen LogP contribution is 2.15. The van der Waals surface area contributed by atoms with Gasteiger partial charge in [0.25, 0.3) is 11.8 Å². The molecule has 0 spiro atoms. The summed E-state index contributed by atoms with van der Waals surface area (Å²) in [6.07, 6.45) is -0.598. The molecule has 4 N–H and O–H groups in total. The third-order valence-electron chi connectivity index (χ3n) is 4.14. The first-order valence-electron chi connectivity index (χ1n) is 8.84. The number of imide groups is 1. The molecule has 0 bridgehead atoms. The van der Waals surface area contributed by atoms with E-state index >= 15 is 0 Å². The van der Waals surface area contributed by atoms with E-state index in [2.05, 4.69) is 5.32 Å². The minimum atomic E-state index is -1.20. The number of carbonyl (C=O) groups excluding carboxylic acids is 4. The van der Waals surface area contributed by atoms with Gasteiger partial charge >= 0.3 is 12.0 Å². The van der Waals surface area contributed by atoms with Crippen molar-refractivity contribution in [2.45, 2.75) is 46.3 Å². The molecule has 148 valence electrons. The molecular formula is C19H27N3O5. The molecule has 0 aliphatic carbocycles. The number of amides is 4. The second-order valence-electron chi connectivity index (χ2n) is 6.66. The molecule has 1 rings (SSSR count). The molecule has 0 aromatic heterocycles. The molecule has 8 heteroatoms. The standard InChI is InChI=1S/C19H27N3O5/c1-5-12(4)14(21-16(23)13-9-7-6-8-10-13)18(25)27-15(11(2)3)17(24)22-19(20)26/h6-12,14-15H,5H2,1-4H3,(H,21,23)(H3,20,22,24,26)/t12-,14-,15?/m0/s1. The van der Waals surface area contributed by atoms with E-state index in [4.69, 9.17) is 10.5 Å². The zero-order valence-corrected chi connectivity index (χ0v) is 16.0. The van der Waals surface area contributed by atoms with E-state index in [-0.39, 0.29) is 5.92 Å². The number of carbonyl (C=O) groups is 4. The highest BCUT2D eigenvalue weighted by molar-refractivity contribution is 5.98. The maximum Gasteiger partial charge on any atom is 0.329 e. The molecule has 1 aromatic rings. The molecule has 0 aliphatic heterocycles. The number of rotatable bonds is 8. The van der Waals surface area contributed by atoms with Gasteiger partial charge in [-0.2, -0.15) is 0 Å². The van der Waals surface area contributed by atoms with Gasteiger partial charge in [0.05, 0.1) is 0 Å². The molecule has 3 atom stereocenters. The Balaban J connectivity index is 2.94. The van der Waals surface area contributed by atoms with Crippen LogP contribution in [-0.2, 0) is 14.3 Å². The molecular weight excluding hydrogens is 350 g/mol. The Morgan fingerprint density at radius 2 is 1.67 bits per heavy atom. The van der Waals surface area contributed by atoms with Gasteiger partial charge < -0.3 is 15.8 Å². The lowest BCUT2D eigenvalue weighted by Gasteiger charge is -2.26. The summed E-state index contributed by atoms with van der Waals surface area (Å²) in [5, 5.41) is 4.58. The molecule has 0 aliphatic rings. The second kappa shape index (κ2) is 10.3. The van der Waals surface area contributed by atoms with Crippen LogP contribution < -0.4 is 16.4 Å². The van der Waals surface area contributed by atoms with E-state index in [0.29, 0.717) is 12.0 Å². The first-order valence-corrected chi connectivity index (χ1v) is 8.84. The molecule has 1 unspecified atom stereocenters. The third-order valence-corrected chi connectivity index (χ3v) is 4.14. The number of nitrogens with one attached hydrogen (secondary N) is 2. The van der Waals surface area contributed by atoms with Crippen molar-refractivity contribution in [2.24, 2.45) is 17.6 Å². The maximum atomic E-state index is 12.7. The fraction of sp³-hybridized carbons (Fsp3) is 0.474. The third kappa shape index (κ3) is 6.73. The summed E-state index contributed by atoms with van der Waals surface area (Å²) in [5.41, 5.74) is 5.36. The lowest BCUT2D eigenvalue weighted by Crippen LogP contribution is -2.51. The van der Waals surface area contributed by atoms with Crippen LogP contribution in [-0.4, -0.2) is 36.0 Å². The highest BCUT2D eigenvalue weighted by atomic mass is 16.6. The van der Waals surface area contributed by atoms with E-state index in [1.165, 1.54) is 0 Å². The first kappa shape index (κ1) is 22.1. The summed E-state index contributed by atoms with van der Waals surface area (Å²) in [5.74, 6) is -2.58. The zero-order chi connectivity index (χ0) is 20.6. The van der Waals surface area contributed by atoms with Gasteiger partial charge in [0.2, 0.25) is 0 Å². The van der Waals surface area contributed by atoms with Crippen LogP contribution >= 0.6 is 0 Å². The van der Waals surface area contributed by atoms with Gasteiger partial charge in [0.15, 0.2) is 6.10 Å². The van der Waals surface area contributed by atoms with Crippen LogP contribution in [0, 0.1) is 11.8 Å². The fourth-order valence-corrected chi connectivity index (χ4v) is 2.37. The Morgan fingerprint density at radius 1 is 1.07 bits per heavy atom. The van der Waals surface area contributed by atoms with Gasteiger partial charge in [-0.05, 0) is 24.0 Å². The van der Waals surface area contributed by atoms with Crippen LogP contribution in [0.3, 0.4) is 0 Å². The summed E-state index contributed by atoms with van der Waals surface area (Å²) in [6, 6.07) is 6.50. The minimum Gasteiger partial charge on any atom is -0.450 e. The Kier molecular flexibility index (Phi) is 8.44. The Bertz CT molecular complexity index is 675. The molecule has 0 fully saturated rings. The van der Waals surface area contributed by atoms with E-state index in [1.807, 2.05) is 12.2 Å². The van der Waals surface area contributed by atoms with E-state index < -0.39 is 41.9 Å². The van der Waals surface area contributed by atoms with Gasteiger partial charge in [0, 0.05) is 5.56 Å². The SMILES string of the molecule is CC[C@H](C)[C@H](NC(=O)c1ccccc1)C(=O)OC(C(=O)NC(N)=O)C(C)C. The van der Waals surface area contributed by atoms with Crippen LogP contribution in [0.15, 0.2) is 30.3 Å². The van der Waals surface area contributed by atoms with E-state index in [1.54, 1.807) is 51.1 Å². The number of primary amides is 1. The number of ether oxygens (including phenoxy) is 1. The molecule has 0 saturated carbocycles. The molecule has 1 aromatic carbocycles. The Morgan fingerprint density at radius 3 is 2.15 bits per heavy atom. The van der Waals surface area contributed by atoms with Crippen molar-refractivity contribution in [1.82, 2.24) is 10.6 Å². The van der Waals surface area contributed by atoms with Gasteiger partial charge in [-0.25, -0.2) is 9.59 Å². The molecule has 27 heavy (non-hydrogen) atoms. The number of nitrogens with two attached hydrogens (primary N) is 1. The van der Waals surface area contributed by atoms with Crippen LogP contribution in [0.5, 0.6) is 0 Å². The first-order chi connectivity index (χ1) is 12.7. The molecule has 0 heterocycles. The predicted octanol–water partition coefficient (Wildman–Crippen LogP) is 1.59. The summed E-state index contributed by atoms with van der Waals surface area (Å²) in [6.45, 7) is 7.00. The van der Waals surface area contributed by atoms with E-state index in [9.17, 15) is 19.2 Å². The van der Waals surface area contributed by atoms with Crippen molar-refractivity contribution in [1.29, 1.82) is 0 Å². The zero-order valence-electron chi connectivity index (χ0n) is 16.0. The van der Waals surface area contributed by atoms with Crippen LogP contribution in [0.25, 0.3) is 0 Å². The van der Waals surface area contributed by atoms with Crippen LogP contribution in [0.1, 0.15) is 44.5 Å². The van der Waals surface area contributed by atoms with Gasteiger partial charge in [-0.1, -0.05) is 52.3 Å². The minimum absolute atomic E-state index is 0.225. The highest BCUT2D eigenvalue weighted by Gasteiger charge is 2.33. The summed E-state index contributed by atoms with van der Waals surface area (Å²) in [7, 11) is 0. The second-order valence-corrected chi connectivity index (χ2v) is 6.66. The van der Waals surface area contributed by atoms with Crippen molar-refractivity contribution in [3.8, 4) is 0 Å². The van der Waals surface area contributed by atoms with Crippen molar-refractivity contribution in [3.05, 3.63) is 35.9 Å². The average Bonchev–Trinajstić information content (AvgIpc) is 2.62. The molecule has 0 radical (unpaired) electrons. The molecule has 0 saturated heterocycles. The smallest absolute Gasteiger partial charge is 0.329 e. The fourth-order valence-electron chi connectivity index (χ4n) is 2.37. The Hall–Kier alpha value is -2.90. The number of urea groups is 1. The predicted molar refractivity (Wildman–Crippen MR) is 99.6 cm³/mol. The van der Waals surface area contributed by atoms with Crippen LogP contribution in [0.4, 0.5) is 4.79 Å². The van der Waals surface area contributed by atoms with Crippen molar-refractivity contribution < 1.29 is 23.9 Å². The van der Waals surface area contributed by atoms with Crippen molar-refractivity contribution in [2.75, 3.05) is 0 Å². The van der Waals surface area contributed by atoms with E-state index in [0.717, 1.165) is 0 Å². The van der Waals surface area contributed by atoms with Gasteiger partial charge in [0.1, 0.15) is 6.04 Å². The normalized spacial score (nSPS) is 14.0. The summed E-state index contributed by atoms with van der Waals surface area (Å²) >= 11 is 0. The largest absolute Gasteiger partial charge is 0.450 e. The van der Waals surface area contributed by atoms with Crippen molar-refractivity contribution >= 4 is 23.8 Å². The number of hydrogen-bond donors (Lipinski definition) is 3. The number of hydrogen-bond acceptors (Lipinski definition) is 5. The quantitative estimate of drug-likeness (QED) is 0.593. The van der Waals surface area contributed by atoms with Crippen LogP contribution in [0.2, 0.25) is 0 Å². The van der Waals surface area contributed by atoms with Gasteiger partial charge in [-0.3, -0.25) is 14.9 Å². The summed E-state index contributed by atoms with van der Waals surface area (Å²) in [4.78, 5) is 48.1. The molecule has 4 amide bonds.